The van der Waals surface area contributed by atoms with E-state index in [0.717, 1.165) is 22.3 Å². The summed E-state index contributed by atoms with van der Waals surface area (Å²) in [6.45, 7) is 2.24. The first-order valence-electron chi connectivity index (χ1n) is 9.15. The van der Waals surface area contributed by atoms with Crippen molar-refractivity contribution >= 4 is 26.9 Å². The lowest BCUT2D eigenvalue weighted by Gasteiger charge is -2.18. The number of carbonyl (C=O) groups excluding carboxylic acids is 1. The van der Waals surface area contributed by atoms with Crippen LogP contribution < -0.4 is 4.72 Å². The smallest absolute Gasteiger partial charge is 0.253 e. The van der Waals surface area contributed by atoms with Gasteiger partial charge in [0, 0.05) is 36.5 Å². The van der Waals surface area contributed by atoms with E-state index in [2.05, 4.69) is 10.6 Å². The number of benzene rings is 2. The fourth-order valence-corrected chi connectivity index (χ4v) is 4.13. The molecule has 3 aromatic rings. The van der Waals surface area contributed by atoms with Gasteiger partial charge in [0.1, 0.15) is 11.3 Å². The van der Waals surface area contributed by atoms with Gasteiger partial charge in [-0.25, -0.2) is 8.42 Å². The molecule has 29 heavy (non-hydrogen) atoms. The van der Waals surface area contributed by atoms with Crippen molar-refractivity contribution in [3.63, 3.8) is 0 Å². The van der Waals surface area contributed by atoms with E-state index in [1.165, 1.54) is 18.2 Å². The van der Waals surface area contributed by atoms with Gasteiger partial charge in [0.2, 0.25) is 10.0 Å². The third kappa shape index (κ3) is 4.34. The minimum Gasteiger partial charge on any atom is -0.461 e. The minimum atomic E-state index is -3.77. The third-order valence-corrected chi connectivity index (χ3v) is 6.00. The molecule has 0 saturated carbocycles. The van der Waals surface area contributed by atoms with E-state index in [4.69, 9.17) is 10.8 Å². The molecule has 1 heterocycles. The SMILES string of the molecule is C#CCNS(=O)(=O)c1cccc(C(=O)N(C)Cc2c(CC)oc3ccccc23)c1. The fourth-order valence-electron chi connectivity index (χ4n) is 3.15. The van der Waals surface area contributed by atoms with Gasteiger partial charge in [-0.1, -0.05) is 37.1 Å². The largest absolute Gasteiger partial charge is 0.461 e. The number of aryl methyl sites for hydroxylation is 1. The average molecular weight is 410 g/mol. The molecule has 0 aliphatic carbocycles. The third-order valence-electron chi connectivity index (χ3n) is 4.60. The molecular formula is C22H22N2O4S. The number of hydrogen-bond donors (Lipinski definition) is 1. The lowest BCUT2D eigenvalue weighted by molar-refractivity contribution is 0.0785. The molecule has 0 atom stereocenters. The van der Waals surface area contributed by atoms with Crippen molar-refractivity contribution in [1.29, 1.82) is 0 Å². The van der Waals surface area contributed by atoms with Crippen LogP contribution in [0.1, 0.15) is 28.6 Å². The zero-order valence-electron chi connectivity index (χ0n) is 16.3. The van der Waals surface area contributed by atoms with E-state index < -0.39 is 10.0 Å². The van der Waals surface area contributed by atoms with Crippen molar-refractivity contribution in [3.8, 4) is 12.3 Å². The van der Waals surface area contributed by atoms with Crippen LogP contribution in [0.5, 0.6) is 0 Å². The monoisotopic (exact) mass is 410 g/mol. The summed E-state index contributed by atoms with van der Waals surface area (Å²) in [7, 11) is -2.09. The highest BCUT2D eigenvalue weighted by molar-refractivity contribution is 7.89. The van der Waals surface area contributed by atoms with Crippen LogP contribution in [-0.2, 0) is 23.0 Å². The quantitative estimate of drug-likeness (QED) is 0.607. The molecule has 0 spiro atoms. The van der Waals surface area contributed by atoms with Gasteiger partial charge in [-0.05, 0) is 24.3 Å². The molecule has 0 bridgehead atoms. The zero-order chi connectivity index (χ0) is 21.0. The number of rotatable bonds is 7. The van der Waals surface area contributed by atoms with E-state index >= 15 is 0 Å². The topological polar surface area (TPSA) is 79.6 Å². The molecule has 1 aromatic heterocycles. The number of para-hydroxylation sites is 1. The van der Waals surface area contributed by atoms with Crippen molar-refractivity contribution in [2.24, 2.45) is 0 Å². The molecule has 2 aromatic carbocycles. The highest BCUT2D eigenvalue weighted by Gasteiger charge is 2.20. The lowest BCUT2D eigenvalue weighted by Crippen LogP contribution is -2.27. The molecule has 150 valence electrons. The first kappa shape index (κ1) is 20.6. The molecule has 0 aliphatic heterocycles. The molecular weight excluding hydrogens is 388 g/mol. The van der Waals surface area contributed by atoms with E-state index in [9.17, 15) is 13.2 Å². The van der Waals surface area contributed by atoms with Crippen LogP contribution in [0.25, 0.3) is 11.0 Å². The normalized spacial score (nSPS) is 11.3. The lowest BCUT2D eigenvalue weighted by atomic mass is 10.1. The summed E-state index contributed by atoms with van der Waals surface area (Å²) in [5.74, 6) is 2.77. The van der Waals surface area contributed by atoms with Gasteiger partial charge in [0.25, 0.3) is 5.91 Å². The maximum atomic E-state index is 12.9. The number of hydrogen-bond acceptors (Lipinski definition) is 4. The summed E-state index contributed by atoms with van der Waals surface area (Å²) in [6.07, 6.45) is 5.82. The number of furan rings is 1. The van der Waals surface area contributed by atoms with Gasteiger partial charge in [-0.15, -0.1) is 6.42 Å². The number of terminal acetylenes is 1. The van der Waals surface area contributed by atoms with E-state index in [-0.39, 0.29) is 22.9 Å². The Labute approximate surface area is 170 Å². The van der Waals surface area contributed by atoms with Gasteiger partial charge in [0.05, 0.1) is 11.4 Å². The van der Waals surface area contributed by atoms with E-state index in [1.807, 2.05) is 31.2 Å². The second kappa shape index (κ2) is 8.52. The van der Waals surface area contributed by atoms with E-state index in [1.54, 1.807) is 18.0 Å². The number of nitrogens with one attached hydrogen (secondary N) is 1. The molecule has 0 unspecified atom stereocenters. The van der Waals surface area contributed by atoms with Gasteiger partial charge >= 0.3 is 0 Å². The van der Waals surface area contributed by atoms with Crippen LogP contribution in [0.3, 0.4) is 0 Å². The van der Waals surface area contributed by atoms with Crippen LogP contribution in [0.2, 0.25) is 0 Å². The molecule has 0 aliphatic rings. The van der Waals surface area contributed by atoms with Gasteiger partial charge in [-0.2, -0.15) is 4.72 Å². The molecule has 0 fully saturated rings. The van der Waals surface area contributed by atoms with Crippen molar-refractivity contribution in [2.75, 3.05) is 13.6 Å². The number of carbonyl (C=O) groups is 1. The summed E-state index contributed by atoms with van der Waals surface area (Å²) >= 11 is 0. The van der Waals surface area contributed by atoms with Crippen molar-refractivity contribution in [3.05, 3.63) is 65.4 Å². The predicted molar refractivity (Wildman–Crippen MR) is 112 cm³/mol. The molecule has 6 nitrogen and oxygen atoms in total. The summed E-state index contributed by atoms with van der Waals surface area (Å²) in [5.41, 5.74) is 2.02. The Balaban J connectivity index is 1.87. The van der Waals surface area contributed by atoms with Crippen molar-refractivity contribution < 1.29 is 17.6 Å². The van der Waals surface area contributed by atoms with Crippen LogP contribution >= 0.6 is 0 Å². The van der Waals surface area contributed by atoms with E-state index in [0.29, 0.717) is 13.0 Å². The fraction of sp³-hybridized carbons (Fsp3) is 0.227. The Hall–Kier alpha value is -3.08. The van der Waals surface area contributed by atoms with Crippen LogP contribution in [0, 0.1) is 12.3 Å². The molecule has 1 N–H and O–H groups in total. The molecule has 7 heteroatoms. The second-order valence-corrected chi connectivity index (χ2v) is 8.34. The van der Waals surface area contributed by atoms with Gasteiger partial charge in [-0.3, -0.25) is 4.79 Å². The standard InChI is InChI=1S/C22H22N2O4S/c1-4-13-23-29(26,27)17-10-8-9-16(14-17)22(25)24(3)15-19-18-11-6-7-12-21(18)28-20(19)5-2/h1,6-12,14,23H,5,13,15H2,2-3H3. The highest BCUT2D eigenvalue weighted by atomic mass is 32.2. The minimum absolute atomic E-state index is 0.00462. The van der Waals surface area contributed by atoms with Crippen molar-refractivity contribution in [1.82, 2.24) is 9.62 Å². The zero-order valence-corrected chi connectivity index (χ0v) is 17.1. The molecule has 0 radical (unpaired) electrons. The predicted octanol–water partition coefficient (Wildman–Crippen LogP) is 3.18. The number of sulfonamides is 1. The van der Waals surface area contributed by atoms with Crippen LogP contribution in [0.4, 0.5) is 0 Å². The summed E-state index contributed by atoms with van der Waals surface area (Å²) < 4.78 is 32.7. The Bertz CT molecular complexity index is 1190. The van der Waals surface area contributed by atoms with Crippen molar-refractivity contribution in [2.45, 2.75) is 24.8 Å². The van der Waals surface area contributed by atoms with Gasteiger partial charge in [0.15, 0.2) is 0 Å². The first-order chi connectivity index (χ1) is 13.9. The maximum absolute atomic E-state index is 12.9. The second-order valence-electron chi connectivity index (χ2n) is 6.57. The van der Waals surface area contributed by atoms with Gasteiger partial charge < -0.3 is 9.32 Å². The number of nitrogens with zero attached hydrogens (tertiary/aromatic N) is 1. The maximum Gasteiger partial charge on any atom is 0.253 e. The average Bonchev–Trinajstić information content (AvgIpc) is 3.09. The first-order valence-corrected chi connectivity index (χ1v) is 10.6. The number of amides is 1. The Morgan fingerprint density at radius 3 is 2.69 bits per heavy atom. The number of fused-ring (bicyclic) bond motifs is 1. The van der Waals surface area contributed by atoms with Crippen LogP contribution in [0.15, 0.2) is 57.8 Å². The Morgan fingerprint density at radius 1 is 1.21 bits per heavy atom. The summed E-state index contributed by atoms with van der Waals surface area (Å²) in [5, 5.41) is 0.971. The Morgan fingerprint density at radius 2 is 1.97 bits per heavy atom. The highest BCUT2D eigenvalue weighted by Crippen LogP contribution is 2.27. The molecule has 0 saturated heterocycles. The summed E-state index contributed by atoms with van der Waals surface area (Å²) in [4.78, 5) is 14.5. The summed E-state index contributed by atoms with van der Waals surface area (Å²) in [6, 6.07) is 13.6. The molecule has 1 amide bonds. The Kier molecular flexibility index (Phi) is 6.06. The molecule has 3 rings (SSSR count). The van der Waals surface area contributed by atoms with Crippen LogP contribution in [-0.4, -0.2) is 32.8 Å².